The first kappa shape index (κ1) is 18.1. The van der Waals surface area contributed by atoms with Crippen LogP contribution < -0.4 is 10.2 Å². The molecule has 0 bridgehead atoms. The first-order valence-electron chi connectivity index (χ1n) is 8.05. The lowest BCUT2D eigenvalue weighted by Crippen LogP contribution is -2.41. The van der Waals surface area contributed by atoms with E-state index in [1.54, 1.807) is 6.07 Å². The molecule has 3 rings (SSSR count). The van der Waals surface area contributed by atoms with E-state index in [2.05, 4.69) is 10.3 Å². The summed E-state index contributed by atoms with van der Waals surface area (Å²) < 4.78 is 13.2. The normalized spacial score (nSPS) is 17.0. The molecule has 26 heavy (non-hydrogen) atoms. The van der Waals surface area contributed by atoms with Crippen molar-refractivity contribution >= 4 is 34.7 Å². The smallest absolute Gasteiger partial charge is 0.287 e. The fourth-order valence-corrected chi connectivity index (χ4v) is 3.07. The van der Waals surface area contributed by atoms with Crippen LogP contribution in [-0.4, -0.2) is 28.9 Å². The minimum absolute atomic E-state index is 0.0526. The van der Waals surface area contributed by atoms with Crippen LogP contribution in [0.1, 0.15) is 12.8 Å². The zero-order valence-electron chi connectivity index (χ0n) is 13.7. The third kappa shape index (κ3) is 4.08. The van der Waals surface area contributed by atoms with E-state index in [9.17, 15) is 19.3 Å². The topological polar surface area (TPSA) is 88.4 Å². The number of benzene rings is 1. The average Bonchev–Trinajstić information content (AvgIpc) is 2.65. The molecule has 1 aromatic carbocycles. The number of nitro groups is 1. The molecule has 1 unspecified atom stereocenters. The molecule has 1 aliphatic heterocycles. The Morgan fingerprint density at radius 3 is 2.85 bits per heavy atom. The Kier molecular flexibility index (Phi) is 5.32. The molecule has 9 heteroatoms. The Balaban J connectivity index is 1.66. The molecule has 1 atom stereocenters. The number of halogens is 2. The van der Waals surface area contributed by atoms with Gasteiger partial charge in [-0.15, -0.1) is 0 Å². The zero-order valence-corrected chi connectivity index (χ0v) is 14.4. The molecule has 1 N–H and O–H groups in total. The maximum Gasteiger partial charge on any atom is 0.287 e. The van der Waals surface area contributed by atoms with Crippen molar-refractivity contribution in [2.75, 3.05) is 23.3 Å². The number of hydrogen-bond acceptors (Lipinski definition) is 5. The van der Waals surface area contributed by atoms with E-state index in [1.165, 1.54) is 30.5 Å². The summed E-state index contributed by atoms with van der Waals surface area (Å²) in [6.07, 6.45) is 2.71. The molecular weight excluding hydrogens is 363 g/mol. The Hall–Kier alpha value is -2.74. The van der Waals surface area contributed by atoms with Crippen LogP contribution >= 0.6 is 11.6 Å². The molecule has 1 aliphatic rings. The van der Waals surface area contributed by atoms with E-state index in [0.29, 0.717) is 24.5 Å². The standard InChI is InChI=1S/C17H16ClFN4O3/c18-14-8-12(3-5-15(14)19)21-17(24)11-2-1-7-22(10-11)16-6-4-13(9-20-16)23(25)26/h3-6,8-9,11H,1-2,7,10H2,(H,21,24). The van der Waals surface area contributed by atoms with Crippen LogP contribution in [0.25, 0.3) is 0 Å². The Morgan fingerprint density at radius 1 is 1.38 bits per heavy atom. The van der Waals surface area contributed by atoms with E-state index in [-0.39, 0.29) is 22.5 Å². The fourth-order valence-electron chi connectivity index (χ4n) is 2.89. The number of anilines is 2. The van der Waals surface area contributed by atoms with Crippen molar-refractivity contribution < 1.29 is 14.1 Å². The minimum atomic E-state index is -0.544. The van der Waals surface area contributed by atoms with Gasteiger partial charge in [0, 0.05) is 24.8 Å². The van der Waals surface area contributed by atoms with Crippen molar-refractivity contribution in [2.45, 2.75) is 12.8 Å². The first-order chi connectivity index (χ1) is 12.4. The number of nitrogens with zero attached hydrogens (tertiary/aromatic N) is 3. The average molecular weight is 379 g/mol. The number of rotatable bonds is 4. The molecular formula is C17H16ClFN4O3. The highest BCUT2D eigenvalue weighted by atomic mass is 35.5. The van der Waals surface area contributed by atoms with Crippen molar-refractivity contribution in [1.82, 2.24) is 4.98 Å². The van der Waals surface area contributed by atoms with Gasteiger partial charge in [0.2, 0.25) is 5.91 Å². The summed E-state index contributed by atoms with van der Waals surface area (Å²) in [4.78, 5) is 28.8. The highest BCUT2D eigenvalue weighted by molar-refractivity contribution is 6.31. The maximum absolute atomic E-state index is 13.2. The van der Waals surface area contributed by atoms with Crippen molar-refractivity contribution in [2.24, 2.45) is 5.92 Å². The number of carbonyl (C=O) groups is 1. The van der Waals surface area contributed by atoms with Gasteiger partial charge in [0.15, 0.2) is 0 Å². The van der Waals surface area contributed by atoms with Gasteiger partial charge < -0.3 is 10.2 Å². The highest BCUT2D eigenvalue weighted by Gasteiger charge is 2.27. The summed E-state index contributed by atoms with van der Waals surface area (Å²) in [6.45, 7) is 1.17. The second kappa shape index (κ2) is 7.65. The third-order valence-electron chi connectivity index (χ3n) is 4.25. The molecule has 1 fully saturated rings. The van der Waals surface area contributed by atoms with Gasteiger partial charge in [-0.1, -0.05) is 11.6 Å². The molecule has 7 nitrogen and oxygen atoms in total. The summed E-state index contributed by atoms with van der Waals surface area (Å²) in [5, 5.41) is 13.4. The van der Waals surface area contributed by atoms with Crippen LogP contribution in [0, 0.1) is 21.8 Å². The van der Waals surface area contributed by atoms with Crippen LogP contribution in [0.3, 0.4) is 0 Å². The summed E-state index contributed by atoms with van der Waals surface area (Å²) in [6, 6.07) is 7.00. The van der Waals surface area contributed by atoms with Crippen molar-refractivity contribution in [3.8, 4) is 0 Å². The summed E-state index contributed by atoms with van der Waals surface area (Å²) in [7, 11) is 0. The van der Waals surface area contributed by atoms with E-state index >= 15 is 0 Å². The molecule has 1 aromatic heterocycles. The number of pyridine rings is 1. The Bertz CT molecular complexity index is 831. The van der Waals surface area contributed by atoms with E-state index in [0.717, 1.165) is 13.0 Å². The monoisotopic (exact) mass is 378 g/mol. The molecule has 0 spiro atoms. The van der Waals surface area contributed by atoms with Crippen LogP contribution in [0.5, 0.6) is 0 Å². The lowest BCUT2D eigenvalue weighted by Gasteiger charge is -2.32. The summed E-state index contributed by atoms with van der Waals surface area (Å²) in [5.74, 6) is -0.403. The lowest BCUT2D eigenvalue weighted by molar-refractivity contribution is -0.385. The molecule has 2 heterocycles. The Labute approximate surface area is 153 Å². The van der Waals surface area contributed by atoms with E-state index in [4.69, 9.17) is 11.6 Å². The number of carbonyl (C=O) groups excluding carboxylic acids is 1. The van der Waals surface area contributed by atoms with Gasteiger partial charge in [0.1, 0.15) is 17.8 Å². The molecule has 0 aliphatic carbocycles. The number of aromatic nitrogens is 1. The maximum atomic E-state index is 13.2. The SMILES string of the molecule is O=C(Nc1ccc(F)c(Cl)c1)C1CCCN(c2ccc([N+](=O)[O-])cn2)C1. The fraction of sp³-hybridized carbons (Fsp3) is 0.294. The van der Waals surface area contributed by atoms with E-state index < -0.39 is 10.7 Å². The minimum Gasteiger partial charge on any atom is -0.356 e. The summed E-state index contributed by atoms with van der Waals surface area (Å²) in [5.41, 5.74) is 0.361. The predicted octanol–water partition coefficient (Wildman–Crippen LogP) is 3.64. The molecule has 2 aromatic rings. The third-order valence-corrected chi connectivity index (χ3v) is 4.54. The number of amides is 1. The molecule has 1 saturated heterocycles. The van der Waals surface area contributed by atoms with Crippen LogP contribution in [0.15, 0.2) is 36.5 Å². The van der Waals surface area contributed by atoms with Gasteiger partial charge >= 0.3 is 0 Å². The van der Waals surface area contributed by atoms with Gasteiger partial charge in [0.05, 0.1) is 15.9 Å². The number of piperidine rings is 1. The van der Waals surface area contributed by atoms with Gasteiger partial charge in [-0.05, 0) is 37.1 Å². The molecule has 0 radical (unpaired) electrons. The van der Waals surface area contributed by atoms with Crippen molar-refractivity contribution in [1.29, 1.82) is 0 Å². The quantitative estimate of drug-likeness (QED) is 0.648. The van der Waals surface area contributed by atoms with Crippen LogP contribution in [0.4, 0.5) is 21.6 Å². The number of hydrogen-bond donors (Lipinski definition) is 1. The highest BCUT2D eigenvalue weighted by Crippen LogP contribution is 2.25. The van der Waals surface area contributed by atoms with Gasteiger partial charge in [-0.3, -0.25) is 14.9 Å². The second-order valence-corrected chi connectivity index (χ2v) is 6.44. The van der Waals surface area contributed by atoms with Crippen LogP contribution in [0.2, 0.25) is 5.02 Å². The molecule has 1 amide bonds. The van der Waals surface area contributed by atoms with Gasteiger partial charge in [-0.25, -0.2) is 9.37 Å². The Morgan fingerprint density at radius 2 is 2.19 bits per heavy atom. The molecule has 136 valence electrons. The van der Waals surface area contributed by atoms with Gasteiger partial charge in [-0.2, -0.15) is 0 Å². The van der Waals surface area contributed by atoms with Gasteiger partial charge in [0.25, 0.3) is 5.69 Å². The van der Waals surface area contributed by atoms with Crippen molar-refractivity contribution in [3.63, 3.8) is 0 Å². The predicted molar refractivity (Wildman–Crippen MR) is 95.9 cm³/mol. The van der Waals surface area contributed by atoms with Crippen molar-refractivity contribution in [3.05, 3.63) is 57.5 Å². The van der Waals surface area contributed by atoms with E-state index in [1.807, 2.05) is 4.90 Å². The largest absolute Gasteiger partial charge is 0.356 e. The van der Waals surface area contributed by atoms with Crippen LogP contribution in [-0.2, 0) is 4.79 Å². The molecule has 0 saturated carbocycles. The zero-order chi connectivity index (χ0) is 18.7. The lowest BCUT2D eigenvalue weighted by atomic mass is 9.97. The first-order valence-corrected chi connectivity index (χ1v) is 8.43. The summed E-state index contributed by atoms with van der Waals surface area (Å²) >= 11 is 5.73. The number of nitrogens with one attached hydrogen (secondary N) is 1. The second-order valence-electron chi connectivity index (χ2n) is 6.04.